The first-order valence-electron chi connectivity index (χ1n) is 7.91. The Morgan fingerprint density at radius 3 is 2.71 bits per heavy atom. The Kier molecular flexibility index (Phi) is 9.90. The summed E-state index contributed by atoms with van der Waals surface area (Å²) in [6, 6.07) is 11.8. The minimum atomic E-state index is 0. The molecule has 2 N–H and O–H groups in total. The highest BCUT2D eigenvalue weighted by Gasteiger charge is 2.05. The van der Waals surface area contributed by atoms with E-state index in [0.29, 0.717) is 6.54 Å². The minimum absolute atomic E-state index is 0. The van der Waals surface area contributed by atoms with Crippen molar-refractivity contribution in [1.29, 1.82) is 0 Å². The largest absolute Gasteiger partial charge is 0.489 e. The third-order valence-corrected chi connectivity index (χ3v) is 3.28. The highest BCUT2D eigenvalue weighted by Crippen LogP contribution is 2.10. The number of aryl methyl sites for hydroxylation is 1. The Morgan fingerprint density at radius 2 is 2.04 bits per heavy atom. The van der Waals surface area contributed by atoms with Gasteiger partial charge in [0.15, 0.2) is 5.96 Å². The van der Waals surface area contributed by atoms with E-state index in [0.717, 1.165) is 31.2 Å². The molecule has 1 unspecified atom stereocenters. The molecule has 0 radical (unpaired) electrons. The molecule has 0 aliphatic rings. The topological polar surface area (TPSA) is 63.5 Å². The summed E-state index contributed by atoms with van der Waals surface area (Å²) in [5.41, 5.74) is 0. The fourth-order valence-electron chi connectivity index (χ4n) is 2.11. The molecule has 1 heterocycles. The van der Waals surface area contributed by atoms with E-state index < -0.39 is 0 Å². The Bertz CT molecular complexity index is 574. The monoisotopic (exact) mass is 443 g/mol. The number of hydrogen-bond donors (Lipinski definition) is 2. The number of halogens is 1. The molecule has 0 bridgehead atoms. The van der Waals surface area contributed by atoms with Gasteiger partial charge in [-0.2, -0.15) is 5.10 Å². The zero-order chi connectivity index (χ0) is 16.3. The van der Waals surface area contributed by atoms with Gasteiger partial charge in [0, 0.05) is 32.5 Å². The first-order valence-corrected chi connectivity index (χ1v) is 7.91. The highest BCUT2D eigenvalue weighted by molar-refractivity contribution is 14.0. The lowest BCUT2D eigenvalue weighted by molar-refractivity contribution is 0.224. The van der Waals surface area contributed by atoms with Gasteiger partial charge in [-0.25, -0.2) is 0 Å². The average Bonchev–Trinajstić information content (AvgIpc) is 3.08. The molecule has 0 aliphatic carbocycles. The number of benzene rings is 1. The Hall–Kier alpha value is -1.77. The second kappa shape index (κ2) is 11.7. The fraction of sp³-hybridized carbons (Fsp3) is 0.412. The van der Waals surface area contributed by atoms with Crippen LogP contribution in [0.3, 0.4) is 0 Å². The van der Waals surface area contributed by atoms with Crippen LogP contribution in [-0.4, -0.2) is 42.0 Å². The van der Waals surface area contributed by atoms with Gasteiger partial charge >= 0.3 is 0 Å². The summed E-state index contributed by atoms with van der Waals surface area (Å²) in [5, 5.41) is 10.7. The Balaban J connectivity index is 0.00000288. The van der Waals surface area contributed by atoms with Crippen molar-refractivity contribution in [3.8, 4) is 5.75 Å². The van der Waals surface area contributed by atoms with Crippen LogP contribution < -0.4 is 15.4 Å². The van der Waals surface area contributed by atoms with E-state index in [4.69, 9.17) is 4.74 Å². The molecule has 1 aromatic carbocycles. The van der Waals surface area contributed by atoms with Crippen LogP contribution in [0.15, 0.2) is 53.8 Å². The third kappa shape index (κ3) is 7.67. The standard InChI is InChI=1S/C17H25N5O.HI/c1-15(23-16-8-4-3-5-9-16)14-20-17(18-2)19-10-6-12-22-13-7-11-21-22;/h3-5,7-9,11,13,15H,6,10,12,14H2,1-2H3,(H2,18,19,20);1H. The second-order valence-corrected chi connectivity index (χ2v) is 5.24. The zero-order valence-corrected chi connectivity index (χ0v) is 16.5. The molecule has 0 fully saturated rings. The van der Waals surface area contributed by atoms with Crippen LogP contribution in [-0.2, 0) is 6.54 Å². The summed E-state index contributed by atoms with van der Waals surface area (Å²) in [5.74, 6) is 1.66. The van der Waals surface area contributed by atoms with Gasteiger partial charge in [-0.1, -0.05) is 18.2 Å². The van der Waals surface area contributed by atoms with Crippen molar-refractivity contribution in [1.82, 2.24) is 20.4 Å². The van der Waals surface area contributed by atoms with E-state index in [2.05, 4.69) is 20.7 Å². The first-order chi connectivity index (χ1) is 11.3. The van der Waals surface area contributed by atoms with Crippen LogP contribution >= 0.6 is 24.0 Å². The summed E-state index contributed by atoms with van der Waals surface area (Å²) >= 11 is 0. The number of nitrogens with one attached hydrogen (secondary N) is 2. The van der Waals surface area contributed by atoms with Gasteiger partial charge in [-0.3, -0.25) is 9.67 Å². The molecule has 1 aromatic heterocycles. The molecule has 0 saturated heterocycles. The van der Waals surface area contributed by atoms with E-state index in [1.165, 1.54) is 0 Å². The zero-order valence-electron chi connectivity index (χ0n) is 14.2. The Morgan fingerprint density at radius 1 is 1.25 bits per heavy atom. The molecule has 0 spiro atoms. The molecule has 0 aliphatic heterocycles. The molecule has 2 rings (SSSR count). The van der Waals surface area contributed by atoms with Crippen molar-refractivity contribution in [3.05, 3.63) is 48.8 Å². The normalized spacial score (nSPS) is 12.2. The van der Waals surface area contributed by atoms with Crippen LogP contribution in [0.5, 0.6) is 5.75 Å². The maximum atomic E-state index is 5.83. The van der Waals surface area contributed by atoms with Crippen LogP contribution in [0.25, 0.3) is 0 Å². The third-order valence-electron chi connectivity index (χ3n) is 3.28. The molecule has 7 heteroatoms. The number of guanidine groups is 1. The van der Waals surface area contributed by atoms with Crippen LogP contribution in [0, 0.1) is 0 Å². The molecule has 1 atom stereocenters. The maximum absolute atomic E-state index is 5.83. The van der Waals surface area contributed by atoms with Gasteiger partial charge in [0.25, 0.3) is 0 Å². The first kappa shape index (κ1) is 20.3. The number of ether oxygens (including phenoxy) is 1. The van der Waals surface area contributed by atoms with Crippen LogP contribution in [0.1, 0.15) is 13.3 Å². The molecule has 0 amide bonds. The highest BCUT2D eigenvalue weighted by atomic mass is 127. The van der Waals surface area contributed by atoms with E-state index in [1.807, 2.05) is 54.2 Å². The van der Waals surface area contributed by atoms with Crippen molar-refractivity contribution in [2.24, 2.45) is 4.99 Å². The number of nitrogens with zero attached hydrogens (tertiary/aromatic N) is 3. The lowest BCUT2D eigenvalue weighted by atomic mass is 10.3. The number of aliphatic imine (C=N–C) groups is 1. The summed E-state index contributed by atoms with van der Waals surface area (Å²) in [4.78, 5) is 4.22. The summed E-state index contributed by atoms with van der Waals surface area (Å²) < 4.78 is 7.75. The Labute approximate surface area is 160 Å². The van der Waals surface area contributed by atoms with Gasteiger partial charge in [0.05, 0.1) is 6.54 Å². The lowest BCUT2D eigenvalue weighted by Gasteiger charge is -2.17. The maximum Gasteiger partial charge on any atom is 0.191 e. The van der Waals surface area contributed by atoms with Gasteiger partial charge in [0.1, 0.15) is 11.9 Å². The van der Waals surface area contributed by atoms with E-state index in [9.17, 15) is 0 Å². The van der Waals surface area contributed by atoms with Crippen molar-refractivity contribution in [2.45, 2.75) is 26.0 Å². The minimum Gasteiger partial charge on any atom is -0.489 e. The van der Waals surface area contributed by atoms with E-state index in [-0.39, 0.29) is 30.1 Å². The average molecular weight is 443 g/mol. The van der Waals surface area contributed by atoms with Gasteiger partial charge in [-0.05, 0) is 31.5 Å². The smallest absolute Gasteiger partial charge is 0.191 e. The van der Waals surface area contributed by atoms with Crippen molar-refractivity contribution in [2.75, 3.05) is 20.1 Å². The summed E-state index contributed by atoms with van der Waals surface area (Å²) in [7, 11) is 1.77. The van der Waals surface area contributed by atoms with Gasteiger partial charge in [0.2, 0.25) is 0 Å². The van der Waals surface area contributed by atoms with Crippen molar-refractivity contribution in [3.63, 3.8) is 0 Å². The molecule has 24 heavy (non-hydrogen) atoms. The van der Waals surface area contributed by atoms with E-state index in [1.54, 1.807) is 13.2 Å². The SMILES string of the molecule is CN=C(NCCCn1cccn1)NCC(C)Oc1ccccc1.I. The van der Waals surface area contributed by atoms with Crippen molar-refractivity contribution >= 4 is 29.9 Å². The van der Waals surface area contributed by atoms with Crippen LogP contribution in [0.2, 0.25) is 0 Å². The molecular formula is C17H26IN5O. The molecule has 6 nitrogen and oxygen atoms in total. The molecular weight excluding hydrogens is 417 g/mol. The van der Waals surface area contributed by atoms with Gasteiger partial charge in [-0.15, -0.1) is 24.0 Å². The fourth-order valence-corrected chi connectivity index (χ4v) is 2.11. The molecule has 0 saturated carbocycles. The summed E-state index contributed by atoms with van der Waals surface area (Å²) in [6.07, 6.45) is 4.80. The number of hydrogen-bond acceptors (Lipinski definition) is 3. The van der Waals surface area contributed by atoms with Crippen molar-refractivity contribution < 1.29 is 4.74 Å². The number of para-hydroxylation sites is 1. The van der Waals surface area contributed by atoms with Crippen LogP contribution in [0.4, 0.5) is 0 Å². The number of aromatic nitrogens is 2. The molecule has 2 aromatic rings. The summed E-state index contributed by atoms with van der Waals surface area (Å²) in [6.45, 7) is 4.46. The van der Waals surface area contributed by atoms with Gasteiger partial charge < -0.3 is 15.4 Å². The molecule has 132 valence electrons. The number of rotatable bonds is 8. The lowest BCUT2D eigenvalue weighted by Crippen LogP contribution is -2.42. The van der Waals surface area contributed by atoms with E-state index >= 15 is 0 Å². The predicted octanol–water partition coefficient (Wildman–Crippen LogP) is 2.52. The predicted molar refractivity (Wildman–Crippen MR) is 108 cm³/mol. The second-order valence-electron chi connectivity index (χ2n) is 5.24. The quantitative estimate of drug-likeness (QED) is 0.285.